The van der Waals surface area contributed by atoms with E-state index in [2.05, 4.69) is 0 Å². The van der Waals surface area contributed by atoms with E-state index in [-0.39, 0.29) is 32.7 Å². The second-order valence-electron chi connectivity index (χ2n) is 1.63. The minimum atomic E-state index is 0. The van der Waals surface area contributed by atoms with Crippen LogP contribution in [0, 0.1) is 0 Å². The molecule has 0 aromatic carbocycles. The fourth-order valence-corrected chi connectivity index (χ4v) is 0.408. The second-order valence-corrected chi connectivity index (χ2v) is 1.63. The van der Waals surface area contributed by atoms with E-state index in [1.54, 1.807) is 0 Å². The average molecular weight is 159 g/mol. The fourth-order valence-electron chi connectivity index (χ4n) is 0.408. The van der Waals surface area contributed by atoms with Crippen LogP contribution in [0.15, 0.2) is 0 Å². The molecule has 1 radical (unpaired) electrons. The van der Waals surface area contributed by atoms with Crippen molar-refractivity contribution in [1.29, 1.82) is 0 Å². The molecule has 1 aliphatic rings. The van der Waals surface area contributed by atoms with E-state index in [4.69, 9.17) is 5.73 Å². The van der Waals surface area contributed by atoms with Crippen molar-refractivity contribution in [3.8, 4) is 0 Å². The Balaban J connectivity index is 0.000000250. The largest absolute Gasteiger partial charge is 0.675 e. The van der Waals surface area contributed by atoms with E-state index < -0.39 is 0 Å². The van der Waals surface area contributed by atoms with Gasteiger partial charge in [0.05, 0.1) is 0 Å². The third-order valence-electron chi connectivity index (χ3n) is 1.11. The predicted octanol–water partition coefficient (Wildman–Crippen LogP) is 1.59. The van der Waals surface area contributed by atoms with Crippen LogP contribution in [0.2, 0.25) is 0 Å². The molecule has 0 aromatic heterocycles. The van der Waals surface area contributed by atoms with Gasteiger partial charge in [0.25, 0.3) is 0 Å². The molecule has 1 N–H and O–H groups in total. The molecular weight excluding hydrogens is 151 g/mol. The van der Waals surface area contributed by atoms with Crippen LogP contribution in [-0.4, -0.2) is 6.04 Å². The van der Waals surface area contributed by atoms with Gasteiger partial charge in [0.15, 0.2) is 0 Å². The van der Waals surface area contributed by atoms with Crippen molar-refractivity contribution in [3.05, 3.63) is 5.73 Å². The summed E-state index contributed by atoms with van der Waals surface area (Å²) >= 11 is 0. The van der Waals surface area contributed by atoms with Crippen LogP contribution >= 0.6 is 0 Å². The zero-order valence-electron chi connectivity index (χ0n) is 3.78. The number of nitrogens with one attached hydrogen (secondary N) is 1. The normalized spacial score (nSPS) is 21.5. The average Bonchev–Trinajstić information content (AvgIpc) is 1.30. The van der Waals surface area contributed by atoms with E-state index in [1.165, 1.54) is 6.42 Å². The van der Waals surface area contributed by atoms with Crippen LogP contribution in [0.1, 0.15) is 19.3 Å². The second kappa shape index (κ2) is 3.12. The van der Waals surface area contributed by atoms with Crippen LogP contribution in [0.25, 0.3) is 5.73 Å². The van der Waals surface area contributed by atoms with Crippen molar-refractivity contribution >= 4 is 0 Å². The standard InChI is InChI=1S/C4H8N.Y/c5-4-2-1-3-4;/h4-5H,1-3H2;/q-1;. The van der Waals surface area contributed by atoms with E-state index in [1.807, 2.05) is 0 Å². The van der Waals surface area contributed by atoms with Crippen molar-refractivity contribution in [1.82, 2.24) is 0 Å². The molecule has 0 heterocycles. The van der Waals surface area contributed by atoms with Crippen molar-refractivity contribution in [2.24, 2.45) is 0 Å². The third kappa shape index (κ3) is 1.68. The van der Waals surface area contributed by atoms with Gasteiger partial charge in [0.1, 0.15) is 0 Å². The number of rotatable bonds is 0. The molecule has 1 fully saturated rings. The summed E-state index contributed by atoms with van der Waals surface area (Å²) in [5.74, 6) is 0. The quantitative estimate of drug-likeness (QED) is 0.512. The van der Waals surface area contributed by atoms with Gasteiger partial charge in [-0.15, -0.1) is 6.04 Å². The molecule has 1 aliphatic carbocycles. The van der Waals surface area contributed by atoms with E-state index in [0.717, 1.165) is 12.8 Å². The summed E-state index contributed by atoms with van der Waals surface area (Å²) in [5, 5.41) is 0. The Hall–Kier alpha value is 1.06. The molecule has 0 atom stereocenters. The van der Waals surface area contributed by atoms with Gasteiger partial charge in [-0.2, -0.15) is 0 Å². The zero-order chi connectivity index (χ0) is 3.70. The van der Waals surface area contributed by atoms with Crippen molar-refractivity contribution < 1.29 is 32.7 Å². The molecular formula is C4H8NY-. The van der Waals surface area contributed by atoms with Crippen LogP contribution < -0.4 is 0 Å². The van der Waals surface area contributed by atoms with Crippen molar-refractivity contribution in [3.63, 3.8) is 0 Å². The molecule has 1 nitrogen and oxygen atoms in total. The Morgan fingerprint density at radius 3 is 1.67 bits per heavy atom. The van der Waals surface area contributed by atoms with Crippen LogP contribution in [-0.2, 0) is 32.7 Å². The third-order valence-corrected chi connectivity index (χ3v) is 1.11. The van der Waals surface area contributed by atoms with E-state index >= 15 is 0 Å². The molecule has 0 bridgehead atoms. The minimum Gasteiger partial charge on any atom is -0.675 e. The summed E-state index contributed by atoms with van der Waals surface area (Å²) in [4.78, 5) is 0. The summed E-state index contributed by atoms with van der Waals surface area (Å²) in [6.45, 7) is 0. The van der Waals surface area contributed by atoms with Gasteiger partial charge in [-0.25, -0.2) is 0 Å². The predicted molar refractivity (Wildman–Crippen MR) is 22.0 cm³/mol. The van der Waals surface area contributed by atoms with Crippen LogP contribution in [0.3, 0.4) is 0 Å². The zero-order valence-corrected chi connectivity index (χ0v) is 6.61. The maximum atomic E-state index is 6.91. The first-order valence-electron chi connectivity index (χ1n) is 2.11. The molecule has 0 amide bonds. The Labute approximate surface area is 63.6 Å². The SMILES string of the molecule is [NH-]C1CCC1.[Y]. The van der Waals surface area contributed by atoms with E-state index in [0.29, 0.717) is 6.04 Å². The first-order valence-corrected chi connectivity index (χ1v) is 2.11. The Morgan fingerprint density at radius 1 is 1.33 bits per heavy atom. The van der Waals surface area contributed by atoms with Gasteiger partial charge in [0.2, 0.25) is 0 Å². The maximum Gasteiger partial charge on any atom is 0 e. The molecule has 2 heteroatoms. The molecule has 1 rings (SSSR count). The van der Waals surface area contributed by atoms with Gasteiger partial charge < -0.3 is 5.73 Å². The summed E-state index contributed by atoms with van der Waals surface area (Å²) in [7, 11) is 0. The minimum absolute atomic E-state index is 0. The molecule has 0 aliphatic heterocycles. The number of hydrogen-bond donors (Lipinski definition) is 0. The van der Waals surface area contributed by atoms with Crippen molar-refractivity contribution in [2.45, 2.75) is 25.3 Å². The van der Waals surface area contributed by atoms with Gasteiger partial charge >= 0.3 is 0 Å². The van der Waals surface area contributed by atoms with Gasteiger partial charge in [-0.1, -0.05) is 19.3 Å². The summed E-state index contributed by atoms with van der Waals surface area (Å²) < 4.78 is 0. The van der Waals surface area contributed by atoms with Crippen molar-refractivity contribution in [2.75, 3.05) is 0 Å². The monoisotopic (exact) mass is 159 g/mol. The smallest absolute Gasteiger partial charge is 0 e. The number of hydrogen-bond acceptors (Lipinski definition) is 0. The fraction of sp³-hybridized carbons (Fsp3) is 1.00. The van der Waals surface area contributed by atoms with Crippen LogP contribution in [0.4, 0.5) is 0 Å². The van der Waals surface area contributed by atoms with Gasteiger partial charge in [-0.05, 0) is 0 Å². The molecule has 0 unspecified atom stereocenters. The molecule has 0 saturated heterocycles. The summed E-state index contributed by atoms with van der Waals surface area (Å²) in [6, 6.07) is 0.315. The van der Waals surface area contributed by atoms with E-state index in [9.17, 15) is 0 Å². The molecule has 0 aromatic rings. The topological polar surface area (TPSA) is 23.8 Å². The maximum absolute atomic E-state index is 6.91. The first kappa shape index (κ1) is 7.06. The van der Waals surface area contributed by atoms with Gasteiger partial charge in [-0.3, -0.25) is 0 Å². The Kier molecular flexibility index (Phi) is 3.67. The Morgan fingerprint density at radius 2 is 1.67 bits per heavy atom. The summed E-state index contributed by atoms with van der Waals surface area (Å²) in [5.41, 5.74) is 6.91. The molecule has 6 heavy (non-hydrogen) atoms. The van der Waals surface area contributed by atoms with Crippen LogP contribution in [0.5, 0.6) is 0 Å². The first-order chi connectivity index (χ1) is 2.39. The molecule has 33 valence electrons. The van der Waals surface area contributed by atoms with Gasteiger partial charge in [0, 0.05) is 32.7 Å². The molecule has 0 spiro atoms. The molecule has 1 saturated carbocycles. The Bertz CT molecular complexity index is 34.5. The summed E-state index contributed by atoms with van der Waals surface area (Å²) in [6.07, 6.45) is 3.61.